The lowest BCUT2D eigenvalue weighted by Crippen LogP contribution is -2.10. The molecule has 0 spiro atoms. The number of amides is 1. The first kappa shape index (κ1) is 38.1. The van der Waals surface area contributed by atoms with Gasteiger partial charge >= 0.3 is 5.97 Å². The molecule has 7 heteroatoms. The van der Waals surface area contributed by atoms with E-state index in [1.165, 1.54) is 19.1 Å². The average molecular weight is 610 g/mol. The van der Waals surface area contributed by atoms with Crippen LogP contribution in [0.2, 0.25) is 0 Å². The predicted octanol–water partition coefficient (Wildman–Crippen LogP) is 10.4. The molecule has 0 heterocycles. The lowest BCUT2D eigenvalue weighted by atomic mass is 10.1. The smallest absolute Gasteiger partial charge is 0.315 e. The van der Waals surface area contributed by atoms with Crippen molar-refractivity contribution < 1.29 is 19.1 Å². The van der Waals surface area contributed by atoms with Gasteiger partial charge in [0.15, 0.2) is 5.78 Å². The number of nitrogens with two attached hydrogens (primary N) is 1. The second kappa shape index (κ2) is 24.5. The molecule has 0 radical (unpaired) electrons. The summed E-state index contributed by atoms with van der Waals surface area (Å²) < 4.78 is 5.43. The fourth-order valence-corrected chi connectivity index (χ4v) is 3.62. The van der Waals surface area contributed by atoms with Crippen LogP contribution >= 0.6 is 0 Å². The summed E-state index contributed by atoms with van der Waals surface area (Å²) in [6.07, 6.45) is 30.8. The number of nitrogens with zero attached hydrogens (tertiary/aromatic N) is 2. The number of ketones is 1. The molecular weight excluding hydrogens is 562 g/mol. The number of carbonyl (C=O) groups is 3. The lowest BCUT2D eigenvalue weighted by molar-refractivity contribution is -0.133. The molecule has 0 bridgehead atoms. The van der Waals surface area contributed by atoms with Crippen LogP contribution in [0.4, 0.5) is 11.4 Å². The molecular formula is C38H47N3O4. The number of rotatable bonds is 18. The molecule has 0 saturated heterocycles. The number of carbonyl (C=O) groups excluding carboxylic acids is 3. The zero-order valence-corrected chi connectivity index (χ0v) is 27.0. The standard InChI is InChI=1S/C36H41N3O4.C2H6/c1-3-4-5-6-7-8-9-10-11-12-13-14-15-16-17-18-19-20-21-35(41)43-34-27-26-32(28-33(34)29(2)40)39-38-31-24-22-30(23-25-31)36(37)42;1-2/h4-5,7-8,10-11,13-14,16-17,19-20,22-28H,3,6,9,12,15,18,21H2,1-2H3,(H2,37,42);1-2H3/b5-4-,8-7-,11-10-,14-13-,17-16-,20-19-,39-38?;. The molecule has 2 N–H and O–H groups in total. The van der Waals surface area contributed by atoms with Gasteiger partial charge in [-0.25, -0.2) is 0 Å². The first-order valence-electron chi connectivity index (χ1n) is 15.5. The van der Waals surface area contributed by atoms with E-state index in [-0.39, 0.29) is 23.5 Å². The highest BCUT2D eigenvalue weighted by Crippen LogP contribution is 2.27. The van der Waals surface area contributed by atoms with Crippen molar-refractivity contribution in [1.82, 2.24) is 0 Å². The molecule has 2 aromatic carbocycles. The maximum Gasteiger partial charge on any atom is 0.315 e. The van der Waals surface area contributed by atoms with E-state index in [0.29, 0.717) is 23.4 Å². The quantitative estimate of drug-likeness (QED) is 0.0595. The maximum absolute atomic E-state index is 12.3. The highest BCUT2D eigenvalue weighted by atomic mass is 16.5. The van der Waals surface area contributed by atoms with Crippen molar-refractivity contribution in [2.45, 2.75) is 72.6 Å². The van der Waals surface area contributed by atoms with Crippen LogP contribution in [0.3, 0.4) is 0 Å². The van der Waals surface area contributed by atoms with E-state index in [9.17, 15) is 14.4 Å². The van der Waals surface area contributed by atoms with Gasteiger partial charge < -0.3 is 10.5 Å². The van der Waals surface area contributed by atoms with Gasteiger partial charge in [0.1, 0.15) is 5.75 Å². The van der Waals surface area contributed by atoms with Crippen molar-refractivity contribution in [3.63, 3.8) is 0 Å². The molecule has 0 aromatic heterocycles. The van der Waals surface area contributed by atoms with Crippen LogP contribution in [0.25, 0.3) is 0 Å². The van der Waals surface area contributed by atoms with E-state index < -0.39 is 11.9 Å². The Balaban J connectivity index is 0.00000496. The van der Waals surface area contributed by atoms with Crippen molar-refractivity contribution in [1.29, 1.82) is 0 Å². The molecule has 0 saturated carbocycles. The summed E-state index contributed by atoms with van der Waals surface area (Å²) in [5.41, 5.74) is 6.77. The van der Waals surface area contributed by atoms with E-state index >= 15 is 0 Å². The van der Waals surface area contributed by atoms with Crippen LogP contribution < -0.4 is 10.5 Å². The molecule has 0 unspecified atom stereocenters. The van der Waals surface area contributed by atoms with Crippen molar-refractivity contribution >= 4 is 29.0 Å². The van der Waals surface area contributed by atoms with Crippen LogP contribution in [0, 0.1) is 0 Å². The molecule has 7 nitrogen and oxygen atoms in total. The van der Waals surface area contributed by atoms with Crippen LogP contribution in [0.1, 0.15) is 93.4 Å². The molecule has 0 atom stereocenters. The normalized spacial score (nSPS) is 11.9. The minimum Gasteiger partial charge on any atom is -0.426 e. The molecule has 0 aliphatic heterocycles. The van der Waals surface area contributed by atoms with Crippen LogP contribution in [0.5, 0.6) is 5.75 Å². The summed E-state index contributed by atoms with van der Waals surface area (Å²) in [6, 6.07) is 11.0. The van der Waals surface area contributed by atoms with E-state index in [1.54, 1.807) is 36.4 Å². The number of azo groups is 1. The van der Waals surface area contributed by atoms with E-state index in [0.717, 1.165) is 32.1 Å². The summed E-state index contributed by atoms with van der Waals surface area (Å²) in [6.45, 7) is 7.53. The Labute approximate surface area is 268 Å². The third-order valence-electron chi connectivity index (χ3n) is 5.88. The van der Waals surface area contributed by atoms with E-state index in [1.807, 2.05) is 26.0 Å². The Morgan fingerprint density at radius 2 is 1.11 bits per heavy atom. The van der Waals surface area contributed by atoms with Crippen molar-refractivity contribution in [2.24, 2.45) is 16.0 Å². The number of Topliss-reactive ketones (excluding diaryl/α,β-unsaturated/α-hetero) is 1. The minimum atomic E-state index is -0.527. The maximum atomic E-state index is 12.3. The molecule has 0 fully saturated rings. The summed E-state index contributed by atoms with van der Waals surface area (Å²) in [4.78, 5) is 35.7. The average Bonchev–Trinajstić information content (AvgIpc) is 3.04. The van der Waals surface area contributed by atoms with Gasteiger partial charge in [0.05, 0.1) is 23.4 Å². The minimum absolute atomic E-state index is 0.0881. The molecule has 1 amide bonds. The topological polar surface area (TPSA) is 111 Å². The molecule has 238 valence electrons. The zero-order valence-electron chi connectivity index (χ0n) is 27.0. The summed E-state index contributed by atoms with van der Waals surface area (Å²) in [5, 5.41) is 8.24. The second-order valence-electron chi connectivity index (χ2n) is 9.44. The fourth-order valence-electron chi connectivity index (χ4n) is 3.62. The molecule has 0 aliphatic rings. The third kappa shape index (κ3) is 17.7. The number of hydrogen-bond acceptors (Lipinski definition) is 6. The number of esters is 1. The molecule has 45 heavy (non-hydrogen) atoms. The van der Waals surface area contributed by atoms with Gasteiger partial charge in [-0.2, -0.15) is 10.2 Å². The number of hydrogen-bond donors (Lipinski definition) is 1. The lowest BCUT2D eigenvalue weighted by Gasteiger charge is -2.08. The van der Waals surface area contributed by atoms with Crippen LogP contribution in [-0.2, 0) is 4.79 Å². The number of primary amides is 1. The zero-order chi connectivity index (χ0) is 33.1. The summed E-state index contributed by atoms with van der Waals surface area (Å²) in [5.74, 6) is -1.08. The van der Waals surface area contributed by atoms with E-state index in [4.69, 9.17) is 10.5 Å². The van der Waals surface area contributed by atoms with Gasteiger partial charge in [-0.15, -0.1) is 0 Å². The summed E-state index contributed by atoms with van der Waals surface area (Å²) in [7, 11) is 0. The van der Waals surface area contributed by atoms with Gasteiger partial charge in [-0.1, -0.05) is 93.7 Å². The second-order valence-corrected chi connectivity index (χ2v) is 9.44. The highest BCUT2D eigenvalue weighted by Gasteiger charge is 2.13. The van der Waals surface area contributed by atoms with Gasteiger partial charge in [-0.05, 0) is 87.9 Å². The highest BCUT2D eigenvalue weighted by molar-refractivity contribution is 5.98. The SMILES string of the molecule is CC.CC/C=C\C/C=C\C/C=C\C/C=C\C/C=C\C/C=C\CC(=O)Oc1ccc(N=Nc2ccc(C(N)=O)cc2)cc1C(C)=O. The van der Waals surface area contributed by atoms with Crippen molar-refractivity contribution in [3.05, 3.63) is 127 Å². The largest absolute Gasteiger partial charge is 0.426 e. The van der Waals surface area contributed by atoms with Gasteiger partial charge in [-0.3, -0.25) is 14.4 Å². The third-order valence-corrected chi connectivity index (χ3v) is 5.88. The monoisotopic (exact) mass is 609 g/mol. The Hall–Kier alpha value is -4.91. The first-order chi connectivity index (χ1) is 21.9. The van der Waals surface area contributed by atoms with Crippen LogP contribution in [0.15, 0.2) is 126 Å². The van der Waals surface area contributed by atoms with Crippen molar-refractivity contribution in [3.8, 4) is 5.75 Å². The Bertz CT molecular complexity index is 1390. The van der Waals surface area contributed by atoms with Crippen LogP contribution in [-0.4, -0.2) is 17.7 Å². The van der Waals surface area contributed by atoms with Gasteiger partial charge in [0.2, 0.25) is 5.91 Å². The predicted molar refractivity (Wildman–Crippen MR) is 185 cm³/mol. The first-order valence-corrected chi connectivity index (χ1v) is 15.5. The van der Waals surface area contributed by atoms with Gasteiger partial charge in [0, 0.05) is 5.56 Å². The Kier molecular flexibility index (Phi) is 20.8. The molecule has 2 aromatic rings. The molecule has 0 aliphatic carbocycles. The Morgan fingerprint density at radius 3 is 1.58 bits per heavy atom. The Morgan fingerprint density at radius 1 is 0.667 bits per heavy atom. The summed E-state index contributed by atoms with van der Waals surface area (Å²) >= 11 is 0. The number of benzene rings is 2. The van der Waals surface area contributed by atoms with Gasteiger partial charge in [0.25, 0.3) is 0 Å². The number of ether oxygens (including phenoxy) is 1. The number of allylic oxidation sites excluding steroid dienone is 11. The van der Waals surface area contributed by atoms with Crippen molar-refractivity contribution in [2.75, 3.05) is 0 Å². The molecule has 2 rings (SSSR count). The van der Waals surface area contributed by atoms with E-state index in [2.05, 4.69) is 71.8 Å². The fraction of sp³-hybridized carbons (Fsp3) is 0.289.